The summed E-state index contributed by atoms with van der Waals surface area (Å²) in [5, 5.41) is 164. The predicted octanol–water partition coefficient (Wildman–Crippen LogP) is -5.54. The second-order valence-corrected chi connectivity index (χ2v) is 21.4. The number of carbonyl (C=O) groups excluding carboxylic acids is 4. The third-order valence-corrected chi connectivity index (χ3v) is 15.2. The molecule has 502 valence electrons. The number of hydrogen-bond acceptors (Lipinski definition) is 33. The van der Waals surface area contributed by atoms with Crippen LogP contribution in [0.25, 0.3) is 12.2 Å². The summed E-state index contributed by atoms with van der Waals surface area (Å²) in [6, 6.07) is 16.5. The van der Waals surface area contributed by atoms with E-state index in [9.17, 15) is 95.8 Å². The van der Waals surface area contributed by atoms with Crippen molar-refractivity contribution in [2.24, 2.45) is 0 Å². The molecular weight excluding hydrogens is 1220 g/mol. The summed E-state index contributed by atoms with van der Waals surface area (Å²) < 4.78 is 82.8. The van der Waals surface area contributed by atoms with Gasteiger partial charge in [0.15, 0.2) is 48.9 Å². The molecule has 5 saturated heterocycles. The third-order valence-electron chi connectivity index (χ3n) is 15.2. The highest BCUT2D eigenvalue weighted by Crippen LogP contribution is 2.43. The molecule has 24 atom stereocenters. The summed E-state index contributed by atoms with van der Waals surface area (Å²) in [6.07, 6.45) is -45.3. The monoisotopic (exact) mass is 1300 g/mol. The molecule has 0 aliphatic carbocycles. The molecule has 0 saturated carbocycles. The average molecular weight is 1300 g/mol. The van der Waals surface area contributed by atoms with Crippen LogP contribution in [0, 0.1) is 0 Å². The molecule has 5 aliphatic heterocycles. The van der Waals surface area contributed by atoms with Crippen LogP contribution in [-0.2, 0) is 76.0 Å². The fourth-order valence-electron chi connectivity index (χ4n) is 10.4. The van der Waals surface area contributed by atoms with Crippen molar-refractivity contribution < 1.29 is 162 Å². The highest BCUT2D eigenvalue weighted by atomic mass is 16.8. The summed E-state index contributed by atoms with van der Waals surface area (Å²) in [5.41, 5.74) is 0.448. The molecule has 5 aliphatic rings. The van der Waals surface area contributed by atoms with E-state index in [1.165, 1.54) is 86.0 Å². The Balaban J connectivity index is 1.28. The second kappa shape index (κ2) is 31.4. The van der Waals surface area contributed by atoms with Gasteiger partial charge in [0.05, 0.1) is 39.1 Å². The van der Waals surface area contributed by atoms with Gasteiger partial charge in [0.1, 0.15) is 123 Å². The van der Waals surface area contributed by atoms with E-state index < -0.39 is 210 Å². The third kappa shape index (κ3) is 16.5. The van der Waals surface area contributed by atoms with Crippen molar-refractivity contribution in [1.29, 1.82) is 0 Å². The molecule has 5 heterocycles. The molecule has 33 heteroatoms. The van der Waals surface area contributed by atoms with Gasteiger partial charge in [-0.15, -0.1) is 0 Å². The summed E-state index contributed by atoms with van der Waals surface area (Å²) in [5.74, 6) is -8.05. The molecule has 91 heavy (non-hydrogen) atoms. The molecule has 8 rings (SSSR count). The van der Waals surface area contributed by atoms with Gasteiger partial charge in [0, 0.05) is 19.1 Å². The van der Waals surface area contributed by atoms with Gasteiger partial charge in [-0.25, -0.2) is 14.4 Å². The van der Waals surface area contributed by atoms with E-state index in [0.717, 1.165) is 19.1 Å². The molecule has 0 amide bonds. The fourth-order valence-corrected chi connectivity index (χ4v) is 10.4. The number of rotatable bonds is 24. The number of aliphatic hydroxyl groups is 13. The van der Waals surface area contributed by atoms with Crippen LogP contribution in [-0.4, -0.2) is 294 Å². The minimum Gasteiger partial charge on any atom is -0.508 e. The lowest BCUT2D eigenvalue weighted by Gasteiger charge is -2.51. The maximum absolute atomic E-state index is 14.2. The zero-order chi connectivity index (χ0) is 66.0. The van der Waals surface area contributed by atoms with Crippen LogP contribution in [0.5, 0.6) is 17.2 Å². The first-order valence-electron chi connectivity index (χ1n) is 28.2. The first-order chi connectivity index (χ1) is 43.4. The van der Waals surface area contributed by atoms with E-state index in [0.29, 0.717) is 5.56 Å². The number of ether oxygens (including phenoxy) is 14. The minimum absolute atomic E-state index is 0.0274. The van der Waals surface area contributed by atoms with E-state index >= 15 is 0 Å². The Morgan fingerprint density at radius 1 is 0.516 bits per heavy atom. The van der Waals surface area contributed by atoms with Crippen molar-refractivity contribution in [3.63, 3.8) is 0 Å². The molecule has 0 bridgehead atoms. The van der Waals surface area contributed by atoms with Crippen LogP contribution in [0.3, 0.4) is 0 Å². The summed E-state index contributed by atoms with van der Waals surface area (Å²) in [6.45, 7) is -5.58. The number of phenols is 2. The zero-order valence-corrected chi connectivity index (χ0v) is 48.3. The highest BCUT2D eigenvalue weighted by Gasteiger charge is 2.64. The Labute approximate surface area is 516 Å². The maximum Gasteiger partial charge on any atom is 0.338 e. The second-order valence-electron chi connectivity index (χ2n) is 21.4. The normalized spacial score (nSPS) is 36.8. The number of aliphatic hydroxyl groups excluding tert-OH is 13. The van der Waals surface area contributed by atoms with Crippen molar-refractivity contribution in [3.8, 4) is 17.2 Å². The van der Waals surface area contributed by atoms with Crippen molar-refractivity contribution >= 4 is 36.0 Å². The largest absolute Gasteiger partial charge is 0.508 e. The van der Waals surface area contributed by atoms with Crippen molar-refractivity contribution in [1.82, 2.24) is 0 Å². The molecule has 0 aromatic heterocycles. The number of aromatic hydroxyl groups is 2. The van der Waals surface area contributed by atoms with E-state index in [1.54, 1.807) is 6.07 Å². The number of esters is 4. The lowest BCUT2D eigenvalue weighted by Crippen LogP contribution is -2.69. The minimum atomic E-state index is -2.98. The summed E-state index contributed by atoms with van der Waals surface area (Å²) >= 11 is 0. The van der Waals surface area contributed by atoms with Gasteiger partial charge in [-0.05, 0) is 59.7 Å². The summed E-state index contributed by atoms with van der Waals surface area (Å²) in [4.78, 5) is 54.3. The van der Waals surface area contributed by atoms with Gasteiger partial charge in [-0.2, -0.15) is 0 Å². The average Bonchev–Trinajstić information content (AvgIpc) is 1.77. The van der Waals surface area contributed by atoms with Gasteiger partial charge in [-0.1, -0.05) is 36.4 Å². The van der Waals surface area contributed by atoms with Gasteiger partial charge >= 0.3 is 23.9 Å². The number of carbonyl (C=O) groups is 4. The molecule has 33 nitrogen and oxygen atoms in total. The van der Waals surface area contributed by atoms with Gasteiger partial charge in [0.25, 0.3) is 0 Å². The lowest BCUT2D eigenvalue weighted by atomic mass is 9.95. The Hall–Kier alpha value is -6.46. The van der Waals surface area contributed by atoms with Crippen LogP contribution >= 0.6 is 0 Å². The van der Waals surface area contributed by atoms with Crippen molar-refractivity contribution in [2.75, 3.05) is 46.8 Å². The standard InChI is InChI=1S/C58H72O33/c1-25(63)79-23-36-41(70)49(86-54-45(74)43(72)39(68)32(19-59)81-54)47(76)56(84-36)87-50-48(85-38(67)17-12-27-10-15-30(65)31(18-27)78-2)35(22-62)83-57(51(50)88-55-46(75)44(73)40(69)33(20-60)82-55)91-58(24-80-37(66)16-11-26-8-13-29(64)14-9-26)52(42(71)34(21-61)90-58)89-53(77)28-6-4-3-5-7-28/h3-18,32-36,39-52,54-57,59-62,64-65,68-76H,19-24H2,1-2H3/b16-11+,17-12+/t32-,33-,34-,35-,36-,39-,40-,41-,42-,43+,44+,45-,46-,47-,48-,49+,50+,51-,52+,54-,55+,56-,57-,58+/m1/s1. The Morgan fingerprint density at radius 2 is 1.05 bits per heavy atom. The molecule has 0 unspecified atom stereocenters. The van der Waals surface area contributed by atoms with E-state index in [-0.39, 0.29) is 28.4 Å². The van der Waals surface area contributed by atoms with E-state index in [2.05, 4.69) is 0 Å². The molecule has 5 fully saturated rings. The molecule has 0 spiro atoms. The number of benzene rings is 3. The van der Waals surface area contributed by atoms with Crippen molar-refractivity contribution in [2.45, 2.75) is 154 Å². The van der Waals surface area contributed by atoms with Gasteiger partial charge < -0.3 is 143 Å². The van der Waals surface area contributed by atoms with E-state index in [1.807, 2.05) is 0 Å². The molecular formula is C58H72O33. The fraction of sp³-hybridized carbons (Fsp3) is 0.552. The Bertz CT molecular complexity index is 2930. The highest BCUT2D eigenvalue weighted by molar-refractivity contribution is 5.90. The van der Waals surface area contributed by atoms with Crippen LogP contribution in [0.2, 0.25) is 0 Å². The van der Waals surface area contributed by atoms with Crippen LogP contribution in [0.4, 0.5) is 0 Å². The molecule has 15 N–H and O–H groups in total. The first-order valence-corrected chi connectivity index (χ1v) is 28.2. The lowest BCUT2D eigenvalue weighted by molar-refractivity contribution is -0.423. The number of methoxy groups -OCH3 is 1. The van der Waals surface area contributed by atoms with Crippen LogP contribution in [0.15, 0.2) is 84.9 Å². The number of hydrogen-bond donors (Lipinski definition) is 15. The zero-order valence-electron chi connectivity index (χ0n) is 48.3. The number of phenolic OH excluding ortho intramolecular Hbond substituents is 2. The van der Waals surface area contributed by atoms with Crippen molar-refractivity contribution in [3.05, 3.63) is 102 Å². The molecule has 3 aromatic carbocycles. The Morgan fingerprint density at radius 3 is 1.65 bits per heavy atom. The maximum atomic E-state index is 14.2. The van der Waals surface area contributed by atoms with Gasteiger partial charge in [0.2, 0.25) is 5.79 Å². The SMILES string of the molecule is COc1cc(/C=C/C(=O)O[C@H]2[C@H](O[C@H]3O[C@H](COC(C)=O)[C@@H](O)[C@H](O[C@H]4O[C@H](CO)[C@@H](O)[C@H](O)[C@H]4O)[C@H]3O)[C@@H](O[C@@H]3O[C@H](CO)[C@@H](O)[C@H](O)[C@H]3O)[C@@H](O[C@]3(COC(=O)/C=C/c4ccc(O)cc4)O[C@H](CO)[C@@H](O)[C@@H]3OC(=O)c3ccccc3)O[C@@H]2CO)ccc1O. The smallest absolute Gasteiger partial charge is 0.338 e. The van der Waals surface area contributed by atoms with Crippen LogP contribution in [0.1, 0.15) is 28.4 Å². The predicted molar refractivity (Wildman–Crippen MR) is 294 cm³/mol. The summed E-state index contributed by atoms with van der Waals surface area (Å²) in [7, 11) is 1.25. The first kappa shape index (κ1) is 70.4. The topological polar surface area (TPSA) is 501 Å². The van der Waals surface area contributed by atoms with E-state index in [4.69, 9.17) is 66.3 Å². The van der Waals surface area contributed by atoms with Gasteiger partial charge in [-0.3, -0.25) is 4.79 Å². The quantitative estimate of drug-likeness (QED) is 0.0226. The molecule has 0 radical (unpaired) electrons. The Kier molecular flexibility index (Phi) is 24.3. The van der Waals surface area contributed by atoms with Crippen LogP contribution < -0.4 is 4.74 Å². The molecule has 3 aromatic rings.